The van der Waals surface area contributed by atoms with E-state index in [4.69, 9.17) is 4.84 Å². The first-order chi connectivity index (χ1) is 3.93. The number of hydroxylamine groups is 2. The minimum atomic E-state index is 0.542. The maximum atomic E-state index is 4.76. The molecule has 1 aliphatic rings. The quantitative estimate of drug-likeness (QED) is 0.475. The fourth-order valence-electron chi connectivity index (χ4n) is 0.410. The van der Waals surface area contributed by atoms with Crippen molar-refractivity contribution in [2.75, 3.05) is 13.8 Å². The second-order valence-electron chi connectivity index (χ2n) is 1.30. The van der Waals surface area contributed by atoms with E-state index in [1.807, 2.05) is 0 Å². The van der Waals surface area contributed by atoms with Crippen molar-refractivity contribution in [1.82, 2.24) is 5.06 Å². The Bertz CT molecular complexity index is 120. The van der Waals surface area contributed by atoms with E-state index in [2.05, 4.69) is 9.98 Å². The van der Waals surface area contributed by atoms with Gasteiger partial charge in [-0.1, -0.05) is 0 Å². The lowest BCUT2D eigenvalue weighted by molar-refractivity contribution is -0.0577. The Hall–Kier alpha value is -0.900. The van der Waals surface area contributed by atoms with E-state index >= 15 is 0 Å². The van der Waals surface area contributed by atoms with Crippen LogP contribution in [-0.4, -0.2) is 31.5 Å². The monoisotopic (exact) mass is 113 g/mol. The Morgan fingerprint density at radius 2 is 2.62 bits per heavy atom. The molecule has 0 unspecified atom stereocenters. The molecule has 4 nitrogen and oxygen atoms in total. The van der Waals surface area contributed by atoms with Crippen molar-refractivity contribution in [3.05, 3.63) is 0 Å². The summed E-state index contributed by atoms with van der Waals surface area (Å²) in [7, 11) is 1.58. The maximum Gasteiger partial charge on any atom is 0.138 e. The van der Waals surface area contributed by atoms with Crippen molar-refractivity contribution in [1.29, 1.82) is 0 Å². The van der Waals surface area contributed by atoms with Gasteiger partial charge in [-0.25, -0.2) is 15.0 Å². The average Bonchev–Trinajstić information content (AvgIpc) is 1.90. The van der Waals surface area contributed by atoms with Gasteiger partial charge in [0.15, 0.2) is 0 Å². The zero-order valence-corrected chi connectivity index (χ0v) is 4.61. The highest BCUT2D eigenvalue weighted by Gasteiger charge is 1.95. The number of nitrogens with zero attached hydrogens (tertiary/aromatic N) is 3. The lowest BCUT2D eigenvalue weighted by Crippen LogP contribution is -2.22. The van der Waals surface area contributed by atoms with E-state index in [9.17, 15) is 0 Å². The average molecular weight is 113 g/mol. The lowest BCUT2D eigenvalue weighted by atomic mass is 10.9. The molecule has 44 valence electrons. The molecule has 8 heavy (non-hydrogen) atoms. The smallest absolute Gasteiger partial charge is 0.138 e. The number of rotatable bonds is 1. The predicted molar refractivity (Wildman–Crippen MR) is 30.7 cm³/mol. The largest absolute Gasteiger partial charge is 0.274 e. The second kappa shape index (κ2) is 2.42. The van der Waals surface area contributed by atoms with Crippen LogP contribution >= 0.6 is 0 Å². The molecule has 0 saturated heterocycles. The van der Waals surface area contributed by atoms with Crippen LogP contribution in [0.5, 0.6) is 0 Å². The Labute approximate surface area is 47.4 Å². The van der Waals surface area contributed by atoms with Crippen LogP contribution in [0.25, 0.3) is 0 Å². The molecule has 0 fully saturated rings. The van der Waals surface area contributed by atoms with Crippen LogP contribution in [0.1, 0.15) is 0 Å². The molecule has 0 atom stereocenters. The zero-order valence-electron chi connectivity index (χ0n) is 4.61. The van der Waals surface area contributed by atoms with Gasteiger partial charge in [0.1, 0.15) is 19.3 Å². The van der Waals surface area contributed by atoms with Crippen LogP contribution in [0, 0.1) is 0 Å². The van der Waals surface area contributed by atoms with Crippen molar-refractivity contribution in [2.24, 2.45) is 9.98 Å². The molecule has 0 aliphatic carbocycles. The van der Waals surface area contributed by atoms with Gasteiger partial charge in [0.05, 0.1) is 7.11 Å². The summed E-state index contributed by atoms with van der Waals surface area (Å²) in [4.78, 5) is 12.3. The van der Waals surface area contributed by atoms with Crippen LogP contribution in [0.2, 0.25) is 0 Å². The maximum absolute atomic E-state index is 4.76. The summed E-state index contributed by atoms with van der Waals surface area (Å²) >= 11 is 0. The molecule has 0 saturated carbocycles. The molecule has 0 bridgehead atoms. The van der Waals surface area contributed by atoms with Gasteiger partial charge in [0.25, 0.3) is 0 Å². The molecule has 1 rings (SSSR count). The summed E-state index contributed by atoms with van der Waals surface area (Å²) in [6.45, 7) is 0.542. The Morgan fingerprint density at radius 1 is 1.75 bits per heavy atom. The van der Waals surface area contributed by atoms with E-state index in [-0.39, 0.29) is 0 Å². The zero-order chi connectivity index (χ0) is 5.82. The third-order valence-electron chi connectivity index (χ3n) is 0.799. The van der Waals surface area contributed by atoms with Crippen molar-refractivity contribution in [2.45, 2.75) is 0 Å². The molecule has 0 aromatic rings. The summed E-state index contributed by atoms with van der Waals surface area (Å²) in [6, 6.07) is 0. The fourth-order valence-corrected chi connectivity index (χ4v) is 0.410. The van der Waals surface area contributed by atoms with E-state index in [0.29, 0.717) is 6.67 Å². The molecule has 0 radical (unpaired) electrons. The van der Waals surface area contributed by atoms with Crippen LogP contribution in [-0.2, 0) is 4.84 Å². The molecule has 1 heterocycles. The van der Waals surface area contributed by atoms with Gasteiger partial charge >= 0.3 is 0 Å². The van der Waals surface area contributed by atoms with Gasteiger partial charge in [-0.15, -0.1) is 0 Å². The molecule has 0 aromatic carbocycles. The highest BCUT2D eigenvalue weighted by Crippen LogP contribution is 1.86. The topological polar surface area (TPSA) is 37.2 Å². The van der Waals surface area contributed by atoms with E-state index in [1.165, 1.54) is 11.4 Å². The van der Waals surface area contributed by atoms with Crippen LogP contribution in [0.4, 0.5) is 0 Å². The molecule has 1 aliphatic heterocycles. The minimum absolute atomic E-state index is 0.542. The van der Waals surface area contributed by atoms with Gasteiger partial charge in [0, 0.05) is 0 Å². The van der Waals surface area contributed by atoms with Crippen LogP contribution in [0.15, 0.2) is 9.98 Å². The molecule has 4 heteroatoms. The first-order valence-electron chi connectivity index (χ1n) is 2.26. The summed E-state index contributed by atoms with van der Waals surface area (Å²) < 4.78 is 0. The number of aliphatic imine (C=N–C) groups is 2. The molecule has 0 amide bonds. The third-order valence-corrected chi connectivity index (χ3v) is 0.799. The van der Waals surface area contributed by atoms with E-state index in [1.54, 1.807) is 13.4 Å². The van der Waals surface area contributed by atoms with Crippen molar-refractivity contribution in [3.8, 4) is 0 Å². The summed E-state index contributed by atoms with van der Waals surface area (Å²) in [6.07, 6.45) is 3.07. The van der Waals surface area contributed by atoms with Gasteiger partial charge < -0.3 is 0 Å². The molecule has 0 spiro atoms. The predicted octanol–water partition coefficient (Wildman–Crippen LogP) is -0.123. The molecule has 0 N–H and O–H groups in total. The molecule has 0 aromatic heterocycles. The number of hydrogen-bond donors (Lipinski definition) is 0. The summed E-state index contributed by atoms with van der Waals surface area (Å²) in [5, 5.41) is 1.53. The van der Waals surface area contributed by atoms with Crippen molar-refractivity contribution >= 4 is 12.7 Å². The normalized spacial score (nSPS) is 17.4. The minimum Gasteiger partial charge on any atom is -0.274 e. The first-order valence-corrected chi connectivity index (χ1v) is 2.26. The standard InChI is InChI=1S/C4H7N3O/c1-8-7-3-5-2-6-4-7/h2-3H,4H2,1H3. The summed E-state index contributed by atoms with van der Waals surface area (Å²) in [5.74, 6) is 0. The highest BCUT2D eigenvalue weighted by atomic mass is 16.7. The van der Waals surface area contributed by atoms with Crippen LogP contribution in [0.3, 0.4) is 0 Å². The number of hydrogen-bond acceptors (Lipinski definition) is 4. The SMILES string of the molecule is CON1C=NC=NC1. The van der Waals surface area contributed by atoms with Gasteiger partial charge in [0.2, 0.25) is 0 Å². The van der Waals surface area contributed by atoms with Crippen LogP contribution < -0.4 is 0 Å². The highest BCUT2D eigenvalue weighted by molar-refractivity contribution is 5.72. The summed E-state index contributed by atoms with van der Waals surface area (Å²) in [5.41, 5.74) is 0. The van der Waals surface area contributed by atoms with Gasteiger partial charge in [-0.05, 0) is 0 Å². The molecular formula is C4H7N3O. The van der Waals surface area contributed by atoms with E-state index < -0.39 is 0 Å². The fraction of sp³-hybridized carbons (Fsp3) is 0.500. The Kier molecular flexibility index (Phi) is 1.58. The Morgan fingerprint density at radius 3 is 3.00 bits per heavy atom. The first kappa shape index (κ1) is 5.24. The van der Waals surface area contributed by atoms with Crippen molar-refractivity contribution in [3.63, 3.8) is 0 Å². The Balaban J connectivity index is 2.40. The third kappa shape index (κ3) is 1.04. The lowest BCUT2D eigenvalue weighted by Gasteiger charge is -2.13. The van der Waals surface area contributed by atoms with Gasteiger partial charge in [-0.3, -0.25) is 4.84 Å². The second-order valence-corrected chi connectivity index (χ2v) is 1.30. The van der Waals surface area contributed by atoms with E-state index in [0.717, 1.165) is 0 Å². The van der Waals surface area contributed by atoms with Crippen molar-refractivity contribution < 1.29 is 4.84 Å². The molecular weight excluding hydrogens is 106 g/mol. The van der Waals surface area contributed by atoms with Gasteiger partial charge in [-0.2, -0.15) is 0 Å².